The fourth-order valence-electron chi connectivity index (χ4n) is 2.95. The summed E-state index contributed by atoms with van der Waals surface area (Å²) < 4.78 is 2.14. The second kappa shape index (κ2) is 4.74. The lowest BCUT2D eigenvalue weighted by atomic mass is 10.1. The van der Waals surface area contributed by atoms with Crippen LogP contribution in [0.3, 0.4) is 0 Å². The Morgan fingerprint density at radius 1 is 1.40 bits per heavy atom. The molecule has 0 bridgehead atoms. The predicted molar refractivity (Wildman–Crippen MR) is 78.1 cm³/mol. The lowest BCUT2D eigenvalue weighted by molar-refractivity contribution is 0.0931. The Balaban J connectivity index is 1.46. The van der Waals surface area contributed by atoms with Crippen molar-refractivity contribution in [2.75, 3.05) is 0 Å². The summed E-state index contributed by atoms with van der Waals surface area (Å²) in [4.78, 5) is 17.7. The van der Waals surface area contributed by atoms with E-state index in [0.29, 0.717) is 5.92 Å². The Labute approximate surface area is 121 Å². The van der Waals surface area contributed by atoms with Crippen molar-refractivity contribution in [2.24, 2.45) is 0 Å². The molecule has 0 radical (unpaired) electrons. The minimum Gasteiger partial charge on any atom is -0.347 e. The first-order valence-corrected chi connectivity index (χ1v) is 8.07. The van der Waals surface area contributed by atoms with Crippen LogP contribution in [0.2, 0.25) is 0 Å². The predicted octanol–water partition coefficient (Wildman–Crippen LogP) is 2.57. The second-order valence-corrected chi connectivity index (χ2v) is 6.60. The molecular weight excluding hydrogens is 270 g/mol. The molecule has 0 aromatic carbocycles. The SMILES string of the molecule is O=C(N[C@H]1CCc2nccn2C1)c1sccc1C1CC1. The average molecular weight is 287 g/mol. The zero-order valence-electron chi connectivity index (χ0n) is 11.2. The minimum atomic E-state index is 0.107. The third-order valence-corrected chi connectivity index (χ3v) is 5.12. The van der Waals surface area contributed by atoms with E-state index < -0.39 is 0 Å². The van der Waals surface area contributed by atoms with E-state index in [4.69, 9.17) is 0 Å². The number of hydrogen-bond acceptors (Lipinski definition) is 3. The number of carbonyl (C=O) groups excluding carboxylic acids is 1. The van der Waals surface area contributed by atoms with Gasteiger partial charge in [-0.25, -0.2) is 4.98 Å². The third-order valence-electron chi connectivity index (χ3n) is 4.19. The van der Waals surface area contributed by atoms with Crippen LogP contribution < -0.4 is 5.32 Å². The van der Waals surface area contributed by atoms with Crippen LogP contribution in [-0.2, 0) is 13.0 Å². The average Bonchev–Trinajstić information content (AvgIpc) is 3.01. The third kappa shape index (κ3) is 2.16. The fourth-order valence-corrected chi connectivity index (χ4v) is 3.84. The van der Waals surface area contributed by atoms with E-state index >= 15 is 0 Å². The molecule has 1 aliphatic carbocycles. The van der Waals surface area contributed by atoms with Gasteiger partial charge in [0.25, 0.3) is 5.91 Å². The van der Waals surface area contributed by atoms with Gasteiger partial charge in [0.1, 0.15) is 5.82 Å². The summed E-state index contributed by atoms with van der Waals surface area (Å²) in [6, 6.07) is 2.34. The Hall–Kier alpha value is -1.62. The van der Waals surface area contributed by atoms with Crippen LogP contribution in [0.15, 0.2) is 23.8 Å². The molecule has 1 fully saturated rings. The quantitative estimate of drug-likeness (QED) is 0.943. The van der Waals surface area contributed by atoms with Crippen LogP contribution in [0.25, 0.3) is 0 Å². The summed E-state index contributed by atoms with van der Waals surface area (Å²) in [5.41, 5.74) is 1.26. The normalized spacial score (nSPS) is 21.5. The summed E-state index contributed by atoms with van der Waals surface area (Å²) in [5, 5.41) is 5.24. The van der Waals surface area contributed by atoms with Crippen molar-refractivity contribution in [1.82, 2.24) is 14.9 Å². The molecule has 2 aliphatic rings. The van der Waals surface area contributed by atoms with Crippen LogP contribution in [0.5, 0.6) is 0 Å². The summed E-state index contributed by atoms with van der Waals surface area (Å²) >= 11 is 1.57. The molecule has 1 amide bonds. The summed E-state index contributed by atoms with van der Waals surface area (Å²) in [5.74, 6) is 1.87. The maximum absolute atomic E-state index is 12.5. The molecule has 104 valence electrons. The molecule has 1 saturated carbocycles. The van der Waals surface area contributed by atoms with Gasteiger partial charge in [0.15, 0.2) is 0 Å². The molecule has 4 nitrogen and oxygen atoms in total. The molecule has 1 aliphatic heterocycles. The number of thiophene rings is 1. The zero-order valence-corrected chi connectivity index (χ0v) is 12.0. The second-order valence-electron chi connectivity index (χ2n) is 5.68. The first kappa shape index (κ1) is 12.1. The number of amides is 1. The van der Waals surface area contributed by atoms with Crippen LogP contribution in [0.4, 0.5) is 0 Å². The van der Waals surface area contributed by atoms with Gasteiger partial charge in [-0.3, -0.25) is 4.79 Å². The highest BCUT2D eigenvalue weighted by Gasteiger charge is 2.30. The van der Waals surface area contributed by atoms with Gasteiger partial charge in [0.05, 0.1) is 4.88 Å². The fraction of sp³-hybridized carbons (Fsp3) is 0.467. The highest BCUT2D eigenvalue weighted by Crippen LogP contribution is 2.43. The van der Waals surface area contributed by atoms with Crippen molar-refractivity contribution >= 4 is 17.2 Å². The minimum absolute atomic E-state index is 0.107. The lowest BCUT2D eigenvalue weighted by Gasteiger charge is -2.24. The van der Waals surface area contributed by atoms with Gasteiger partial charge in [0, 0.05) is 31.4 Å². The molecule has 5 heteroatoms. The van der Waals surface area contributed by atoms with Gasteiger partial charge in [0.2, 0.25) is 0 Å². The van der Waals surface area contributed by atoms with Gasteiger partial charge in [-0.2, -0.15) is 0 Å². The van der Waals surface area contributed by atoms with Crippen molar-refractivity contribution in [3.05, 3.63) is 40.1 Å². The molecule has 1 N–H and O–H groups in total. The van der Waals surface area contributed by atoms with Crippen LogP contribution in [0.1, 0.15) is 46.2 Å². The first-order valence-electron chi connectivity index (χ1n) is 7.19. The number of nitrogens with zero attached hydrogens (tertiary/aromatic N) is 2. The van der Waals surface area contributed by atoms with Gasteiger partial charge < -0.3 is 9.88 Å². The Morgan fingerprint density at radius 3 is 3.15 bits per heavy atom. The van der Waals surface area contributed by atoms with Gasteiger partial charge in [-0.15, -0.1) is 11.3 Å². The van der Waals surface area contributed by atoms with Crippen molar-refractivity contribution in [3.8, 4) is 0 Å². The number of hydrogen-bond donors (Lipinski definition) is 1. The molecule has 2 aromatic rings. The number of imidazole rings is 1. The molecule has 3 heterocycles. The van der Waals surface area contributed by atoms with Crippen molar-refractivity contribution in [1.29, 1.82) is 0 Å². The number of aryl methyl sites for hydroxylation is 1. The molecular formula is C15H17N3OS. The number of rotatable bonds is 3. The Bertz CT molecular complexity index is 641. The molecule has 0 saturated heterocycles. The number of fused-ring (bicyclic) bond motifs is 1. The summed E-state index contributed by atoms with van der Waals surface area (Å²) in [7, 11) is 0. The van der Waals surface area contributed by atoms with Gasteiger partial charge in [-0.1, -0.05) is 0 Å². The van der Waals surface area contributed by atoms with E-state index in [2.05, 4.69) is 20.9 Å². The maximum Gasteiger partial charge on any atom is 0.261 e. The highest BCUT2D eigenvalue weighted by molar-refractivity contribution is 7.12. The van der Waals surface area contributed by atoms with Crippen LogP contribution in [0, 0.1) is 0 Å². The number of nitrogens with one attached hydrogen (secondary N) is 1. The maximum atomic E-state index is 12.5. The van der Waals surface area contributed by atoms with E-state index in [1.165, 1.54) is 18.4 Å². The molecule has 0 unspecified atom stereocenters. The number of carbonyl (C=O) groups is 1. The summed E-state index contributed by atoms with van der Waals surface area (Å²) in [6.45, 7) is 0.839. The van der Waals surface area contributed by atoms with Crippen LogP contribution >= 0.6 is 11.3 Å². The highest BCUT2D eigenvalue weighted by atomic mass is 32.1. The summed E-state index contributed by atoms with van der Waals surface area (Å²) in [6.07, 6.45) is 8.22. The molecule has 20 heavy (non-hydrogen) atoms. The van der Waals surface area contributed by atoms with Gasteiger partial charge in [-0.05, 0) is 42.2 Å². The largest absolute Gasteiger partial charge is 0.347 e. The topological polar surface area (TPSA) is 46.9 Å². The lowest BCUT2D eigenvalue weighted by Crippen LogP contribution is -2.40. The zero-order chi connectivity index (χ0) is 13.5. The first-order chi connectivity index (χ1) is 9.81. The van der Waals surface area contributed by atoms with E-state index in [-0.39, 0.29) is 11.9 Å². The van der Waals surface area contributed by atoms with Crippen molar-refractivity contribution in [3.63, 3.8) is 0 Å². The number of aromatic nitrogens is 2. The van der Waals surface area contributed by atoms with Gasteiger partial charge >= 0.3 is 0 Å². The van der Waals surface area contributed by atoms with E-state index in [9.17, 15) is 4.79 Å². The van der Waals surface area contributed by atoms with E-state index in [1.54, 1.807) is 11.3 Å². The molecule has 4 rings (SSSR count). The Morgan fingerprint density at radius 2 is 2.30 bits per heavy atom. The molecule has 0 spiro atoms. The monoisotopic (exact) mass is 287 g/mol. The van der Waals surface area contributed by atoms with E-state index in [0.717, 1.165) is 30.1 Å². The van der Waals surface area contributed by atoms with Crippen molar-refractivity contribution < 1.29 is 4.79 Å². The van der Waals surface area contributed by atoms with Crippen molar-refractivity contribution in [2.45, 2.75) is 44.2 Å². The molecule has 2 aromatic heterocycles. The standard InChI is InChI=1S/C15H17N3OS/c19-15(14-12(5-8-20-14)10-1-2-10)17-11-3-4-13-16-6-7-18(13)9-11/h5-8,10-11H,1-4,9H2,(H,17,19)/t11-/m0/s1. The van der Waals surface area contributed by atoms with Crippen LogP contribution in [-0.4, -0.2) is 21.5 Å². The van der Waals surface area contributed by atoms with E-state index in [1.807, 2.05) is 17.8 Å². The molecule has 1 atom stereocenters. The Kier molecular flexibility index (Phi) is 2.88. The smallest absolute Gasteiger partial charge is 0.261 e.